The maximum Gasteiger partial charge on any atom is 0.141 e. The number of aliphatic hydroxyl groups is 1. The molecule has 0 radical (unpaired) electrons. The number of nitrogens with zero attached hydrogens (tertiary/aromatic N) is 2. The van der Waals surface area contributed by atoms with Gasteiger partial charge in [-0.3, -0.25) is 9.88 Å². The minimum absolute atomic E-state index is 0.0447. The molecule has 1 aliphatic rings. The summed E-state index contributed by atoms with van der Waals surface area (Å²) in [5.74, 6) is -0.339. The fourth-order valence-electron chi connectivity index (χ4n) is 2.42. The Hall–Kier alpha value is -1.04. The molecule has 1 aromatic rings. The van der Waals surface area contributed by atoms with Crippen LogP contribution in [0.5, 0.6) is 0 Å². The maximum absolute atomic E-state index is 12.8. The van der Waals surface area contributed by atoms with Crippen molar-refractivity contribution in [1.82, 2.24) is 9.88 Å². The van der Waals surface area contributed by atoms with Crippen LogP contribution in [0.3, 0.4) is 0 Å². The molecule has 19 heavy (non-hydrogen) atoms. The third-order valence-corrected chi connectivity index (χ3v) is 3.46. The second kappa shape index (κ2) is 6.41. The molecule has 0 bridgehead atoms. The third kappa shape index (κ3) is 3.96. The van der Waals surface area contributed by atoms with Crippen LogP contribution in [0.15, 0.2) is 18.3 Å². The van der Waals surface area contributed by atoms with E-state index in [1.165, 1.54) is 6.07 Å². The summed E-state index contributed by atoms with van der Waals surface area (Å²) in [5.41, 5.74) is 0.523. The van der Waals surface area contributed by atoms with Gasteiger partial charge < -0.3 is 9.84 Å². The molecule has 1 N–H and O–H groups in total. The smallest absolute Gasteiger partial charge is 0.141 e. The lowest BCUT2D eigenvalue weighted by molar-refractivity contribution is -0.0306. The Labute approximate surface area is 113 Å². The van der Waals surface area contributed by atoms with Crippen molar-refractivity contribution in [3.8, 4) is 0 Å². The van der Waals surface area contributed by atoms with Crippen LogP contribution in [0.2, 0.25) is 0 Å². The van der Waals surface area contributed by atoms with Crippen LogP contribution in [0.1, 0.15) is 25.6 Å². The predicted octanol–water partition coefficient (Wildman–Crippen LogP) is 1.61. The van der Waals surface area contributed by atoms with Crippen LogP contribution >= 0.6 is 0 Å². The van der Waals surface area contributed by atoms with Gasteiger partial charge in [0.15, 0.2) is 0 Å². The first-order chi connectivity index (χ1) is 9.06. The molecular formula is C14H21FN2O2. The van der Waals surface area contributed by atoms with E-state index in [0.717, 1.165) is 32.4 Å². The lowest BCUT2D eigenvalue weighted by Crippen LogP contribution is -2.43. The Bertz CT molecular complexity index is 399. The molecule has 0 saturated carbocycles. The molecule has 5 heteroatoms. The number of morpholine rings is 1. The quantitative estimate of drug-likeness (QED) is 0.901. The zero-order valence-corrected chi connectivity index (χ0v) is 11.4. The van der Waals surface area contributed by atoms with Gasteiger partial charge in [0.25, 0.3) is 0 Å². The van der Waals surface area contributed by atoms with E-state index in [2.05, 4.69) is 16.8 Å². The number of halogens is 1. The lowest BCUT2D eigenvalue weighted by Gasteiger charge is -2.33. The van der Waals surface area contributed by atoms with Crippen molar-refractivity contribution >= 4 is 0 Å². The van der Waals surface area contributed by atoms with E-state index in [-0.39, 0.29) is 17.8 Å². The van der Waals surface area contributed by atoms with E-state index in [9.17, 15) is 9.50 Å². The molecule has 3 unspecified atom stereocenters. The molecule has 0 spiro atoms. The standard InChI is InChI=1S/C14H21FN2O2/c1-10(8-17-5-6-19-11(2)9-17)14(18)13-4-3-12(15)7-16-13/h3-4,7,10-11,14,18H,5-6,8-9H2,1-2H3. The van der Waals surface area contributed by atoms with Gasteiger partial charge in [-0.05, 0) is 19.1 Å². The zero-order valence-electron chi connectivity index (χ0n) is 11.4. The molecule has 0 aromatic carbocycles. The normalized spacial score (nSPS) is 24.1. The summed E-state index contributed by atoms with van der Waals surface area (Å²) in [7, 11) is 0. The van der Waals surface area contributed by atoms with Crippen LogP contribution in [-0.4, -0.2) is 47.3 Å². The van der Waals surface area contributed by atoms with Gasteiger partial charge in [-0.25, -0.2) is 4.39 Å². The van der Waals surface area contributed by atoms with Crippen molar-refractivity contribution in [2.75, 3.05) is 26.2 Å². The highest BCUT2D eigenvalue weighted by molar-refractivity contribution is 5.08. The van der Waals surface area contributed by atoms with Crippen LogP contribution in [0.25, 0.3) is 0 Å². The minimum Gasteiger partial charge on any atom is -0.386 e. The first-order valence-electron chi connectivity index (χ1n) is 6.69. The van der Waals surface area contributed by atoms with Crippen LogP contribution in [-0.2, 0) is 4.74 Å². The van der Waals surface area contributed by atoms with E-state index in [0.29, 0.717) is 5.69 Å². The van der Waals surface area contributed by atoms with Gasteiger partial charge in [-0.1, -0.05) is 6.92 Å². The number of pyridine rings is 1. The van der Waals surface area contributed by atoms with Gasteiger partial charge in [0.05, 0.1) is 30.7 Å². The topological polar surface area (TPSA) is 45.6 Å². The van der Waals surface area contributed by atoms with Crippen LogP contribution in [0.4, 0.5) is 4.39 Å². The Morgan fingerprint density at radius 3 is 3.00 bits per heavy atom. The summed E-state index contributed by atoms with van der Waals surface area (Å²) < 4.78 is 18.3. The SMILES string of the molecule is CC1CN(CC(C)C(O)c2ccc(F)cn2)CCO1. The number of hydrogen-bond donors (Lipinski definition) is 1. The molecule has 1 fully saturated rings. The van der Waals surface area contributed by atoms with E-state index >= 15 is 0 Å². The summed E-state index contributed by atoms with van der Waals surface area (Å²) in [6, 6.07) is 2.87. The molecule has 1 aromatic heterocycles. The van der Waals surface area contributed by atoms with Gasteiger partial charge >= 0.3 is 0 Å². The predicted molar refractivity (Wildman–Crippen MR) is 70.2 cm³/mol. The molecule has 0 amide bonds. The number of aromatic nitrogens is 1. The summed E-state index contributed by atoms with van der Waals surface area (Å²) in [6.07, 6.45) is 0.711. The first-order valence-corrected chi connectivity index (χ1v) is 6.69. The maximum atomic E-state index is 12.8. The highest BCUT2D eigenvalue weighted by Crippen LogP contribution is 2.21. The Morgan fingerprint density at radius 2 is 2.37 bits per heavy atom. The highest BCUT2D eigenvalue weighted by Gasteiger charge is 2.23. The summed E-state index contributed by atoms with van der Waals surface area (Å²) >= 11 is 0. The van der Waals surface area contributed by atoms with Gasteiger partial charge in [0.1, 0.15) is 5.82 Å². The van der Waals surface area contributed by atoms with Gasteiger partial charge in [-0.2, -0.15) is 0 Å². The van der Waals surface area contributed by atoms with E-state index in [1.54, 1.807) is 6.07 Å². The van der Waals surface area contributed by atoms with Gasteiger partial charge in [0.2, 0.25) is 0 Å². The van der Waals surface area contributed by atoms with Crippen molar-refractivity contribution in [2.24, 2.45) is 5.92 Å². The van der Waals surface area contributed by atoms with Gasteiger partial charge in [0, 0.05) is 25.6 Å². The zero-order chi connectivity index (χ0) is 13.8. The average molecular weight is 268 g/mol. The molecular weight excluding hydrogens is 247 g/mol. The molecule has 1 saturated heterocycles. The minimum atomic E-state index is -0.668. The summed E-state index contributed by atoms with van der Waals surface area (Å²) in [6.45, 7) is 7.32. The third-order valence-electron chi connectivity index (χ3n) is 3.46. The number of hydrogen-bond acceptors (Lipinski definition) is 4. The van der Waals surface area contributed by atoms with Crippen molar-refractivity contribution in [2.45, 2.75) is 26.1 Å². The van der Waals surface area contributed by atoms with Crippen molar-refractivity contribution < 1.29 is 14.2 Å². The molecule has 4 nitrogen and oxygen atoms in total. The van der Waals surface area contributed by atoms with E-state index < -0.39 is 6.10 Å². The summed E-state index contributed by atoms with van der Waals surface area (Å²) in [4.78, 5) is 6.22. The molecule has 0 aliphatic carbocycles. The monoisotopic (exact) mass is 268 g/mol. The van der Waals surface area contributed by atoms with Crippen molar-refractivity contribution in [3.63, 3.8) is 0 Å². The fraction of sp³-hybridized carbons (Fsp3) is 0.643. The number of aliphatic hydroxyl groups excluding tert-OH is 1. The van der Waals surface area contributed by atoms with E-state index in [1.807, 2.05) is 6.92 Å². The second-order valence-electron chi connectivity index (χ2n) is 5.26. The highest BCUT2D eigenvalue weighted by atomic mass is 19.1. The van der Waals surface area contributed by atoms with Crippen LogP contribution in [0, 0.1) is 11.7 Å². The molecule has 1 aliphatic heterocycles. The number of rotatable bonds is 4. The fourth-order valence-corrected chi connectivity index (χ4v) is 2.42. The first kappa shape index (κ1) is 14.4. The molecule has 2 rings (SSSR count). The Balaban J connectivity index is 1.91. The Morgan fingerprint density at radius 1 is 1.58 bits per heavy atom. The molecule has 3 atom stereocenters. The molecule has 2 heterocycles. The van der Waals surface area contributed by atoms with Crippen molar-refractivity contribution in [3.05, 3.63) is 29.8 Å². The largest absolute Gasteiger partial charge is 0.386 e. The molecule has 106 valence electrons. The van der Waals surface area contributed by atoms with Crippen molar-refractivity contribution in [1.29, 1.82) is 0 Å². The Kier molecular flexibility index (Phi) is 4.85. The van der Waals surface area contributed by atoms with Gasteiger partial charge in [-0.15, -0.1) is 0 Å². The van der Waals surface area contributed by atoms with E-state index in [4.69, 9.17) is 4.74 Å². The number of ether oxygens (including phenoxy) is 1. The summed E-state index contributed by atoms with van der Waals surface area (Å²) in [5, 5.41) is 10.2. The second-order valence-corrected chi connectivity index (χ2v) is 5.26. The lowest BCUT2D eigenvalue weighted by atomic mass is 10.0. The average Bonchev–Trinajstić information content (AvgIpc) is 2.39. The van der Waals surface area contributed by atoms with Crippen LogP contribution < -0.4 is 0 Å².